The van der Waals surface area contributed by atoms with Crippen LogP contribution in [-0.4, -0.2) is 9.55 Å². The van der Waals surface area contributed by atoms with Gasteiger partial charge in [-0.1, -0.05) is 22.0 Å². The summed E-state index contributed by atoms with van der Waals surface area (Å²) in [6.07, 6.45) is 3.00. The van der Waals surface area contributed by atoms with E-state index in [-0.39, 0.29) is 5.56 Å². The van der Waals surface area contributed by atoms with Crippen LogP contribution in [0, 0.1) is 0 Å². The molecular weight excluding hydrogens is 270 g/mol. The van der Waals surface area contributed by atoms with Crippen molar-refractivity contribution in [2.75, 3.05) is 5.73 Å². The van der Waals surface area contributed by atoms with Gasteiger partial charge in [-0.3, -0.25) is 9.36 Å². The fourth-order valence-corrected chi connectivity index (χ4v) is 1.89. The van der Waals surface area contributed by atoms with E-state index in [2.05, 4.69) is 20.9 Å². The zero-order valence-corrected chi connectivity index (χ0v) is 10.0. The highest BCUT2D eigenvalue weighted by molar-refractivity contribution is 9.10. The molecule has 0 bridgehead atoms. The van der Waals surface area contributed by atoms with Crippen molar-refractivity contribution in [1.29, 1.82) is 0 Å². The largest absolute Gasteiger partial charge is 0.399 e. The lowest BCUT2D eigenvalue weighted by atomic mass is 10.2. The van der Waals surface area contributed by atoms with E-state index in [1.807, 2.05) is 18.2 Å². The molecule has 2 aromatic rings. The summed E-state index contributed by atoms with van der Waals surface area (Å²) in [7, 11) is 0. The van der Waals surface area contributed by atoms with Crippen LogP contribution in [0.4, 0.5) is 5.69 Å². The number of anilines is 1. The maximum atomic E-state index is 11.5. The number of hydrogen-bond acceptors (Lipinski definition) is 3. The Hall–Kier alpha value is -1.62. The molecule has 0 atom stereocenters. The second-order valence-electron chi connectivity index (χ2n) is 3.40. The fraction of sp³-hybridized carbons (Fsp3) is 0.0909. The molecule has 0 spiro atoms. The van der Waals surface area contributed by atoms with Crippen molar-refractivity contribution in [2.45, 2.75) is 6.54 Å². The van der Waals surface area contributed by atoms with Crippen LogP contribution in [0.3, 0.4) is 0 Å². The average molecular weight is 280 g/mol. The lowest BCUT2D eigenvalue weighted by Gasteiger charge is -2.07. The Labute approximate surface area is 101 Å². The van der Waals surface area contributed by atoms with Gasteiger partial charge in [0.1, 0.15) is 0 Å². The van der Waals surface area contributed by atoms with E-state index < -0.39 is 0 Å². The average Bonchev–Trinajstić information content (AvgIpc) is 2.25. The summed E-state index contributed by atoms with van der Waals surface area (Å²) in [6.45, 7) is 0.480. The van der Waals surface area contributed by atoms with Crippen LogP contribution < -0.4 is 11.3 Å². The van der Waals surface area contributed by atoms with Crippen molar-refractivity contribution in [2.24, 2.45) is 0 Å². The molecule has 1 aromatic carbocycles. The van der Waals surface area contributed by atoms with Gasteiger partial charge in [-0.05, 0) is 17.7 Å². The van der Waals surface area contributed by atoms with Gasteiger partial charge in [0.15, 0.2) is 0 Å². The number of nitrogens with two attached hydrogens (primary N) is 1. The molecule has 0 aliphatic heterocycles. The van der Waals surface area contributed by atoms with Gasteiger partial charge in [-0.2, -0.15) is 0 Å². The van der Waals surface area contributed by atoms with Crippen LogP contribution in [-0.2, 0) is 6.54 Å². The minimum Gasteiger partial charge on any atom is -0.399 e. The molecule has 0 fully saturated rings. The van der Waals surface area contributed by atoms with Crippen molar-refractivity contribution < 1.29 is 0 Å². The first kappa shape index (κ1) is 10.9. The summed E-state index contributed by atoms with van der Waals surface area (Å²) < 4.78 is 2.43. The molecule has 16 heavy (non-hydrogen) atoms. The Morgan fingerprint density at radius 2 is 2.19 bits per heavy atom. The SMILES string of the molecule is Nc1ccc(Cn2cnccc2=O)c(Br)c1. The predicted octanol–water partition coefficient (Wildman–Crippen LogP) is 1.64. The Balaban J connectivity index is 2.35. The van der Waals surface area contributed by atoms with Crippen LogP contribution in [0.15, 0.2) is 46.1 Å². The predicted molar refractivity (Wildman–Crippen MR) is 66.2 cm³/mol. The van der Waals surface area contributed by atoms with Crippen molar-refractivity contribution in [1.82, 2.24) is 9.55 Å². The van der Waals surface area contributed by atoms with Gasteiger partial charge in [0.25, 0.3) is 5.56 Å². The van der Waals surface area contributed by atoms with E-state index in [0.29, 0.717) is 12.2 Å². The summed E-state index contributed by atoms with van der Waals surface area (Å²) in [5.74, 6) is 0. The summed E-state index contributed by atoms with van der Waals surface area (Å²) in [5.41, 5.74) is 7.25. The van der Waals surface area contributed by atoms with Crippen LogP contribution in [0.1, 0.15) is 5.56 Å². The highest BCUT2D eigenvalue weighted by atomic mass is 79.9. The molecule has 0 saturated heterocycles. The topological polar surface area (TPSA) is 60.9 Å². The van der Waals surface area contributed by atoms with Crippen LogP contribution in [0.25, 0.3) is 0 Å². The van der Waals surface area contributed by atoms with Crippen LogP contribution in [0.5, 0.6) is 0 Å². The molecule has 82 valence electrons. The summed E-state index contributed by atoms with van der Waals surface area (Å²) in [6, 6.07) is 6.95. The molecule has 0 unspecified atom stereocenters. The van der Waals surface area contributed by atoms with Crippen molar-refractivity contribution in [3.8, 4) is 0 Å². The number of nitrogens with zero attached hydrogens (tertiary/aromatic N) is 2. The second kappa shape index (κ2) is 4.49. The molecule has 0 saturated carbocycles. The monoisotopic (exact) mass is 279 g/mol. The minimum absolute atomic E-state index is 0.0706. The van der Waals surface area contributed by atoms with Gasteiger partial charge in [-0.25, -0.2) is 4.98 Å². The molecule has 2 rings (SSSR count). The summed E-state index contributed by atoms with van der Waals surface area (Å²) in [4.78, 5) is 15.4. The standard InChI is InChI=1S/C11H10BrN3O/c12-10-5-9(13)2-1-8(10)6-15-7-14-4-3-11(15)16/h1-5,7H,6,13H2. The maximum Gasteiger partial charge on any atom is 0.253 e. The number of hydrogen-bond donors (Lipinski definition) is 1. The van der Waals surface area contributed by atoms with E-state index in [4.69, 9.17) is 5.73 Å². The van der Waals surface area contributed by atoms with Gasteiger partial charge < -0.3 is 5.73 Å². The van der Waals surface area contributed by atoms with Gasteiger partial charge >= 0.3 is 0 Å². The van der Waals surface area contributed by atoms with Gasteiger partial charge in [-0.15, -0.1) is 0 Å². The van der Waals surface area contributed by atoms with Gasteiger partial charge in [0.2, 0.25) is 0 Å². The van der Waals surface area contributed by atoms with E-state index in [0.717, 1.165) is 10.0 Å². The highest BCUT2D eigenvalue weighted by Crippen LogP contribution is 2.20. The summed E-state index contributed by atoms with van der Waals surface area (Å²) >= 11 is 3.41. The number of aromatic nitrogens is 2. The molecule has 0 amide bonds. The van der Waals surface area contributed by atoms with Crippen molar-refractivity contribution in [3.63, 3.8) is 0 Å². The Bertz CT molecular complexity index is 565. The first-order valence-corrected chi connectivity index (χ1v) is 5.50. The van der Waals surface area contributed by atoms with Crippen molar-refractivity contribution in [3.05, 3.63) is 57.2 Å². The Morgan fingerprint density at radius 3 is 2.88 bits per heavy atom. The smallest absolute Gasteiger partial charge is 0.253 e. The van der Waals surface area contributed by atoms with E-state index in [9.17, 15) is 4.79 Å². The van der Waals surface area contributed by atoms with Crippen molar-refractivity contribution >= 4 is 21.6 Å². The number of halogens is 1. The third-order valence-electron chi connectivity index (χ3n) is 2.21. The normalized spacial score (nSPS) is 10.3. The van der Waals surface area contributed by atoms with E-state index in [1.54, 1.807) is 0 Å². The molecule has 0 radical (unpaired) electrons. The Kier molecular flexibility index (Phi) is 3.05. The highest BCUT2D eigenvalue weighted by Gasteiger charge is 2.02. The molecule has 1 aromatic heterocycles. The zero-order chi connectivity index (χ0) is 11.5. The first-order valence-electron chi connectivity index (χ1n) is 4.71. The third kappa shape index (κ3) is 2.30. The zero-order valence-electron chi connectivity index (χ0n) is 8.43. The molecule has 2 N–H and O–H groups in total. The minimum atomic E-state index is -0.0706. The first-order chi connectivity index (χ1) is 7.66. The number of rotatable bonds is 2. The molecule has 5 heteroatoms. The summed E-state index contributed by atoms with van der Waals surface area (Å²) in [5, 5.41) is 0. The Morgan fingerprint density at radius 1 is 1.38 bits per heavy atom. The second-order valence-corrected chi connectivity index (χ2v) is 4.25. The lowest BCUT2D eigenvalue weighted by Crippen LogP contribution is -2.19. The quantitative estimate of drug-likeness (QED) is 0.851. The fourth-order valence-electron chi connectivity index (χ4n) is 1.37. The van der Waals surface area contributed by atoms with Crippen LogP contribution in [0.2, 0.25) is 0 Å². The van der Waals surface area contributed by atoms with Gasteiger partial charge in [0, 0.05) is 22.4 Å². The van der Waals surface area contributed by atoms with E-state index >= 15 is 0 Å². The molecule has 4 nitrogen and oxygen atoms in total. The maximum absolute atomic E-state index is 11.5. The van der Waals surface area contributed by atoms with Gasteiger partial charge in [0.05, 0.1) is 12.9 Å². The molecule has 1 heterocycles. The third-order valence-corrected chi connectivity index (χ3v) is 2.95. The molecular formula is C11H10BrN3O. The van der Waals surface area contributed by atoms with E-state index in [1.165, 1.54) is 23.2 Å². The lowest BCUT2D eigenvalue weighted by molar-refractivity contribution is 0.734. The molecule has 0 aliphatic carbocycles. The van der Waals surface area contributed by atoms with Crippen LogP contribution >= 0.6 is 15.9 Å². The number of nitrogen functional groups attached to an aromatic ring is 1. The molecule has 0 aliphatic rings. The number of benzene rings is 1.